The number of nitrogens with zero attached hydrogens (tertiary/aromatic N) is 1. The summed E-state index contributed by atoms with van der Waals surface area (Å²) in [6, 6.07) is 6.29. The lowest BCUT2D eigenvalue weighted by Crippen LogP contribution is -2.13. The summed E-state index contributed by atoms with van der Waals surface area (Å²) in [6.45, 7) is 0. The van der Waals surface area contributed by atoms with E-state index >= 15 is 0 Å². The molecule has 0 fully saturated rings. The van der Waals surface area contributed by atoms with Crippen molar-refractivity contribution in [3.8, 4) is 0 Å². The van der Waals surface area contributed by atoms with Crippen LogP contribution in [0.5, 0.6) is 0 Å². The van der Waals surface area contributed by atoms with Crippen LogP contribution in [0.4, 0.5) is 0 Å². The quantitative estimate of drug-likeness (QED) is 0.658. The van der Waals surface area contributed by atoms with Gasteiger partial charge in [0.15, 0.2) is 0 Å². The molecule has 1 N–H and O–H groups in total. The first-order valence-electron chi connectivity index (χ1n) is 3.69. The van der Waals surface area contributed by atoms with E-state index in [0.717, 1.165) is 6.21 Å². The van der Waals surface area contributed by atoms with Crippen LogP contribution in [0, 0.1) is 0 Å². The Bertz CT molecular complexity index is 464. The maximum atomic E-state index is 11.3. The SMILES string of the molecule is O=S1(=O)N=CC(O)c2ccccc21. The van der Waals surface area contributed by atoms with Crippen LogP contribution in [-0.2, 0) is 10.0 Å². The third-order valence-electron chi connectivity index (χ3n) is 1.86. The molecule has 0 aliphatic carbocycles. The van der Waals surface area contributed by atoms with E-state index in [2.05, 4.69) is 4.40 Å². The first-order chi connectivity index (χ1) is 6.11. The Morgan fingerprint density at radius 3 is 2.69 bits per heavy atom. The molecule has 1 aromatic rings. The number of benzene rings is 1. The van der Waals surface area contributed by atoms with Gasteiger partial charge in [-0.2, -0.15) is 12.8 Å². The molecule has 13 heavy (non-hydrogen) atoms. The van der Waals surface area contributed by atoms with Crippen molar-refractivity contribution in [2.45, 2.75) is 11.0 Å². The van der Waals surface area contributed by atoms with Gasteiger partial charge < -0.3 is 5.11 Å². The van der Waals surface area contributed by atoms with Crippen LogP contribution in [0.2, 0.25) is 0 Å². The minimum Gasteiger partial charge on any atom is -0.383 e. The minimum absolute atomic E-state index is 0.0880. The summed E-state index contributed by atoms with van der Waals surface area (Å²) in [4.78, 5) is 0.0880. The number of aliphatic hydroxyl groups excluding tert-OH is 1. The Balaban J connectivity index is 2.76. The zero-order valence-electron chi connectivity index (χ0n) is 6.58. The highest BCUT2D eigenvalue weighted by Gasteiger charge is 2.24. The normalized spacial score (nSPS) is 23.9. The number of sulfonamides is 1. The average molecular weight is 197 g/mol. The molecule has 0 saturated heterocycles. The van der Waals surface area contributed by atoms with Gasteiger partial charge >= 0.3 is 0 Å². The molecule has 0 spiro atoms. The van der Waals surface area contributed by atoms with E-state index in [1.165, 1.54) is 6.07 Å². The standard InChI is InChI=1S/C8H7NO3S/c10-7-5-9-13(11,12)8-4-2-1-3-6(7)8/h1-5,7,10H. The summed E-state index contributed by atoms with van der Waals surface area (Å²) in [6.07, 6.45) is 0.109. The van der Waals surface area contributed by atoms with E-state index < -0.39 is 16.1 Å². The molecule has 68 valence electrons. The Labute approximate surface area is 75.6 Å². The monoisotopic (exact) mass is 197 g/mol. The van der Waals surface area contributed by atoms with Crippen molar-refractivity contribution in [2.75, 3.05) is 0 Å². The highest BCUT2D eigenvalue weighted by atomic mass is 32.2. The van der Waals surface area contributed by atoms with Crippen molar-refractivity contribution in [1.82, 2.24) is 0 Å². The lowest BCUT2D eigenvalue weighted by molar-refractivity contribution is 0.248. The highest BCUT2D eigenvalue weighted by molar-refractivity contribution is 7.90. The Morgan fingerprint density at radius 2 is 2.00 bits per heavy atom. The molecule has 1 aliphatic rings. The van der Waals surface area contributed by atoms with Crippen molar-refractivity contribution in [3.05, 3.63) is 29.8 Å². The summed E-state index contributed by atoms with van der Waals surface area (Å²) >= 11 is 0. The van der Waals surface area contributed by atoms with E-state index in [0.29, 0.717) is 5.56 Å². The van der Waals surface area contributed by atoms with Gasteiger partial charge in [0, 0.05) is 5.56 Å². The number of hydrogen-bond acceptors (Lipinski definition) is 3. The summed E-state index contributed by atoms with van der Waals surface area (Å²) in [5.41, 5.74) is 0.387. The minimum atomic E-state index is -3.57. The van der Waals surface area contributed by atoms with Crippen molar-refractivity contribution in [3.63, 3.8) is 0 Å². The van der Waals surface area contributed by atoms with Crippen LogP contribution >= 0.6 is 0 Å². The van der Waals surface area contributed by atoms with Gasteiger partial charge in [-0.3, -0.25) is 0 Å². The van der Waals surface area contributed by atoms with Crippen molar-refractivity contribution in [1.29, 1.82) is 0 Å². The summed E-state index contributed by atoms with van der Waals surface area (Å²) < 4.78 is 25.9. The molecule has 1 unspecified atom stereocenters. The van der Waals surface area contributed by atoms with Gasteiger partial charge in [0.05, 0.1) is 11.1 Å². The number of hydrogen-bond donors (Lipinski definition) is 1. The fraction of sp³-hybridized carbons (Fsp3) is 0.125. The largest absolute Gasteiger partial charge is 0.383 e. The Kier molecular flexibility index (Phi) is 1.71. The first kappa shape index (κ1) is 8.40. The van der Waals surface area contributed by atoms with Gasteiger partial charge in [-0.25, -0.2) is 0 Å². The molecule has 5 heteroatoms. The second kappa shape index (κ2) is 2.65. The van der Waals surface area contributed by atoms with Gasteiger partial charge in [-0.15, -0.1) is 0 Å². The van der Waals surface area contributed by atoms with Crippen LogP contribution in [0.3, 0.4) is 0 Å². The average Bonchev–Trinajstić information content (AvgIpc) is 2.13. The van der Waals surface area contributed by atoms with Crippen molar-refractivity contribution >= 4 is 16.2 Å². The molecule has 0 saturated carbocycles. The smallest absolute Gasteiger partial charge is 0.282 e. The van der Waals surface area contributed by atoms with E-state index in [4.69, 9.17) is 0 Å². The van der Waals surface area contributed by atoms with Crippen LogP contribution in [-0.4, -0.2) is 19.7 Å². The molecule has 1 aromatic carbocycles. The summed E-state index contributed by atoms with van der Waals surface area (Å²) in [5.74, 6) is 0. The van der Waals surface area contributed by atoms with Gasteiger partial charge in [0.2, 0.25) is 0 Å². The van der Waals surface area contributed by atoms with Gasteiger partial charge in [0.1, 0.15) is 6.10 Å². The molecule has 0 aromatic heterocycles. The zero-order valence-corrected chi connectivity index (χ0v) is 7.40. The number of aliphatic hydroxyl groups is 1. The predicted octanol–water partition coefficient (Wildman–Crippen LogP) is 0.493. The van der Waals surface area contributed by atoms with Crippen LogP contribution in [0.25, 0.3) is 0 Å². The Hall–Kier alpha value is -1.20. The molecule has 0 radical (unpaired) electrons. The lowest BCUT2D eigenvalue weighted by atomic mass is 10.1. The maximum Gasteiger partial charge on any atom is 0.282 e. The van der Waals surface area contributed by atoms with Crippen LogP contribution in [0.1, 0.15) is 11.7 Å². The molecule has 0 amide bonds. The third kappa shape index (κ3) is 1.26. The molecule has 1 heterocycles. The van der Waals surface area contributed by atoms with Crippen molar-refractivity contribution < 1.29 is 13.5 Å². The first-order valence-corrected chi connectivity index (χ1v) is 5.13. The third-order valence-corrected chi connectivity index (χ3v) is 3.18. The zero-order chi connectivity index (χ0) is 9.47. The fourth-order valence-corrected chi connectivity index (χ4v) is 2.36. The summed E-state index contributed by atoms with van der Waals surface area (Å²) in [7, 11) is -3.57. The highest BCUT2D eigenvalue weighted by Crippen LogP contribution is 2.26. The van der Waals surface area contributed by atoms with Crippen LogP contribution in [0.15, 0.2) is 33.6 Å². The van der Waals surface area contributed by atoms with Gasteiger partial charge in [-0.05, 0) is 6.07 Å². The Morgan fingerprint density at radius 1 is 1.31 bits per heavy atom. The molecular formula is C8H7NO3S. The predicted molar refractivity (Wildman–Crippen MR) is 47.1 cm³/mol. The number of rotatable bonds is 0. The van der Waals surface area contributed by atoms with Crippen molar-refractivity contribution in [2.24, 2.45) is 4.40 Å². The van der Waals surface area contributed by atoms with Gasteiger partial charge in [0.25, 0.3) is 10.0 Å². The molecule has 0 bridgehead atoms. The topological polar surface area (TPSA) is 66.7 Å². The second-order valence-corrected chi connectivity index (χ2v) is 4.31. The van der Waals surface area contributed by atoms with E-state index in [-0.39, 0.29) is 4.90 Å². The number of fused-ring (bicyclic) bond motifs is 1. The molecule has 1 atom stereocenters. The lowest BCUT2D eigenvalue weighted by Gasteiger charge is -2.14. The van der Waals surface area contributed by atoms with E-state index in [1.54, 1.807) is 18.2 Å². The molecule has 4 nitrogen and oxygen atoms in total. The molecule has 2 rings (SSSR count). The maximum absolute atomic E-state index is 11.3. The molecular weight excluding hydrogens is 190 g/mol. The molecule has 1 aliphatic heterocycles. The van der Waals surface area contributed by atoms with Crippen LogP contribution < -0.4 is 0 Å². The van der Waals surface area contributed by atoms with E-state index in [1.807, 2.05) is 0 Å². The van der Waals surface area contributed by atoms with E-state index in [9.17, 15) is 13.5 Å². The second-order valence-electron chi connectivity index (χ2n) is 2.71. The summed E-state index contributed by atoms with van der Waals surface area (Å²) in [5, 5.41) is 9.38. The van der Waals surface area contributed by atoms with Gasteiger partial charge in [-0.1, -0.05) is 18.2 Å². The fourth-order valence-electron chi connectivity index (χ4n) is 1.23.